The van der Waals surface area contributed by atoms with Gasteiger partial charge in [-0.1, -0.05) is 43.9 Å². The standard InChI is InChI=1S/C25H34N2O3/c1-16-11-12-20(13-17(16)2)22-23(26-14-18(3)30-19(4)15-26)25(29)27(24(22)28)21-9-7-5-6-8-10-21/h11-13,18-19,21H,5-10,14-15H2,1-4H3. The first kappa shape index (κ1) is 21.1. The van der Waals surface area contributed by atoms with Crippen molar-refractivity contribution in [3.05, 3.63) is 40.6 Å². The van der Waals surface area contributed by atoms with Crippen molar-refractivity contribution in [2.45, 2.75) is 84.5 Å². The molecule has 0 N–H and O–H groups in total. The van der Waals surface area contributed by atoms with Gasteiger partial charge in [0.05, 0.1) is 17.8 Å². The lowest BCUT2D eigenvalue weighted by atomic mass is 9.98. The topological polar surface area (TPSA) is 49.9 Å². The zero-order valence-electron chi connectivity index (χ0n) is 18.7. The molecule has 162 valence electrons. The van der Waals surface area contributed by atoms with Gasteiger partial charge in [0.15, 0.2) is 0 Å². The lowest BCUT2D eigenvalue weighted by molar-refractivity contribution is -0.141. The van der Waals surface area contributed by atoms with Gasteiger partial charge < -0.3 is 9.64 Å². The summed E-state index contributed by atoms with van der Waals surface area (Å²) in [6.45, 7) is 9.45. The number of morpholine rings is 1. The molecule has 1 aromatic rings. The van der Waals surface area contributed by atoms with E-state index in [0.29, 0.717) is 24.4 Å². The number of hydrogen-bond acceptors (Lipinski definition) is 4. The second-order valence-electron chi connectivity index (χ2n) is 9.31. The van der Waals surface area contributed by atoms with E-state index >= 15 is 0 Å². The molecule has 4 rings (SSSR count). The van der Waals surface area contributed by atoms with E-state index in [1.54, 1.807) is 4.90 Å². The van der Waals surface area contributed by atoms with E-state index in [9.17, 15) is 9.59 Å². The third-order valence-corrected chi connectivity index (χ3v) is 6.81. The number of rotatable bonds is 3. The van der Waals surface area contributed by atoms with Crippen molar-refractivity contribution in [1.82, 2.24) is 9.80 Å². The lowest BCUT2D eigenvalue weighted by Crippen LogP contribution is -2.48. The van der Waals surface area contributed by atoms with E-state index in [1.807, 2.05) is 26.0 Å². The Bertz CT molecular complexity index is 857. The van der Waals surface area contributed by atoms with Crippen molar-refractivity contribution in [3.8, 4) is 0 Å². The largest absolute Gasteiger partial charge is 0.372 e. The summed E-state index contributed by atoms with van der Waals surface area (Å²) in [7, 11) is 0. The lowest BCUT2D eigenvalue weighted by Gasteiger charge is -2.37. The molecule has 0 spiro atoms. The summed E-state index contributed by atoms with van der Waals surface area (Å²) in [5, 5.41) is 0. The smallest absolute Gasteiger partial charge is 0.278 e. The molecule has 30 heavy (non-hydrogen) atoms. The molecule has 2 aliphatic heterocycles. The van der Waals surface area contributed by atoms with Crippen LogP contribution in [0, 0.1) is 13.8 Å². The summed E-state index contributed by atoms with van der Waals surface area (Å²) in [6, 6.07) is 6.11. The van der Waals surface area contributed by atoms with Gasteiger partial charge in [-0.05, 0) is 57.2 Å². The van der Waals surface area contributed by atoms with Crippen molar-refractivity contribution >= 4 is 17.4 Å². The Hall–Kier alpha value is -2.14. The van der Waals surface area contributed by atoms with Gasteiger partial charge in [-0.25, -0.2) is 0 Å². The fourth-order valence-corrected chi connectivity index (χ4v) is 5.19. The molecule has 2 amide bonds. The van der Waals surface area contributed by atoms with Crippen molar-refractivity contribution < 1.29 is 14.3 Å². The van der Waals surface area contributed by atoms with Crippen LogP contribution in [0.15, 0.2) is 23.9 Å². The number of benzene rings is 1. The predicted octanol–water partition coefficient (Wildman–Crippen LogP) is 4.22. The minimum Gasteiger partial charge on any atom is -0.372 e. The maximum absolute atomic E-state index is 13.7. The number of hydrogen-bond donors (Lipinski definition) is 0. The van der Waals surface area contributed by atoms with E-state index in [1.165, 1.54) is 18.4 Å². The van der Waals surface area contributed by atoms with Crippen molar-refractivity contribution in [2.75, 3.05) is 13.1 Å². The third kappa shape index (κ3) is 3.92. The molecule has 2 fully saturated rings. The highest BCUT2D eigenvalue weighted by molar-refractivity contribution is 6.35. The van der Waals surface area contributed by atoms with Crippen molar-refractivity contribution in [1.29, 1.82) is 0 Å². The highest BCUT2D eigenvalue weighted by Crippen LogP contribution is 2.37. The predicted molar refractivity (Wildman–Crippen MR) is 118 cm³/mol. The molecular weight excluding hydrogens is 376 g/mol. The van der Waals surface area contributed by atoms with Crippen LogP contribution in [0.2, 0.25) is 0 Å². The zero-order valence-corrected chi connectivity index (χ0v) is 18.7. The molecule has 5 nitrogen and oxygen atoms in total. The van der Waals surface area contributed by atoms with Gasteiger partial charge >= 0.3 is 0 Å². The molecule has 1 saturated carbocycles. The summed E-state index contributed by atoms with van der Waals surface area (Å²) >= 11 is 0. The summed E-state index contributed by atoms with van der Waals surface area (Å²) in [5.41, 5.74) is 4.33. The highest BCUT2D eigenvalue weighted by Gasteiger charge is 2.45. The fraction of sp³-hybridized carbons (Fsp3) is 0.600. The molecule has 5 heteroatoms. The van der Waals surface area contributed by atoms with Crippen LogP contribution < -0.4 is 0 Å². The van der Waals surface area contributed by atoms with Gasteiger partial charge in [0.1, 0.15) is 5.70 Å². The number of carbonyl (C=O) groups is 2. The van der Waals surface area contributed by atoms with E-state index in [4.69, 9.17) is 4.74 Å². The first-order valence-corrected chi connectivity index (χ1v) is 11.5. The highest BCUT2D eigenvalue weighted by atomic mass is 16.5. The Kier molecular flexibility index (Phi) is 6.01. The molecule has 1 aromatic carbocycles. The molecule has 0 aromatic heterocycles. The Balaban J connectivity index is 1.78. The first-order valence-electron chi connectivity index (χ1n) is 11.5. The molecule has 2 heterocycles. The average molecular weight is 411 g/mol. The van der Waals surface area contributed by atoms with Crippen LogP contribution in [-0.4, -0.2) is 53.0 Å². The minimum absolute atomic E-state index is 0.0161. The maximum Gasteiger partial charge on any atom is 0.278 e. The van der Waals surface area contributed by atoms with Crippen molar-refractivity contribution in [3.63, 3.8) is 0 Å². The Morgan fingerprint density at radius 2 is 1.50 bits per heavy atom. The average Bonchev–Trinajstić information content (AvgIpc) is 2.85. The molecule has 0 bridgehead atoms. The number of amides is 2. The van der Waals surface area contributed by atoms with Crippen LogP contribution in [0.3, 0.4) is 0 Å². The Morgan fingerprint density at radius 3 is 2.10 bits per heavy atom. The third-order valence-electron chi connectivity index (χ3n) is 6.81. The molecular formula is C25H34N2O3. The van der Waals surface area contributed by atoms with Crippen LogP contribution in [0.1, 0.15) is 69.1 Å². The van der Waals surface area contributed by atoms with Gasteiger partial charge in [-0.3, -0.25) is 14.5 Å². The Labute approximate surface area is 180 Å². The monoisotopic (exact) mass is 410 g/mol. The van der Waals surface area contributed by atoms with Gasteiger partial charge in [-0.2, -0.15) is 0 Å². The van der Waals surface area contributed by atoms with Gasteiger partial charge in [-0.15, -0.1) is 0 Å². The van der Waals surface area contributed by atoms with E-state index in [0.717, 1.165) is 36.8 Å². The number of aryl methyl sites for hydroxylation is 2. The van der Waals surface area contributed by atoms with Crippen LogP contribution in [0.25, 0.3) is 5.57 Å². The van der Waals surface area contributed by atoms with Crippen LogP contribution >= 0.6 is 0 Å². The Morgan fingerprint density at radius 1 is 0.867 bits per heavy atom. The summed E-state index contributed by atoms with van der Waals surface area (Å²) in [4.78, 5) is 31.2. The summed E-state index contributed by atoms with van der Waals surface area (Å²) in [5.74, 6) is -0.224. The molecule has 2 unspecified atom stereocenters. The molecule has 0 radical (unpaired) electrons. The molecule has 2 atom stereocenters. The second kappa shape index (κ2) is 8.54. The van der Waals surface area contributed by atoms with Crippen LogP contribution in [0.4, 0.5) is 0 Å². The normalized spacial score (nSPS) is 26.5. The molecule has 1 saturated heterocycles. The fourth-order valence-electron chi connectivity index (χ4n) is 5.19. The van der Waals surface area contributed by atoms with Crippen LogP contribution in [-0.2, 0) is 14.3 Å². The van der Waals surface area contributed by atoms with Gasteiger partial charge in [0.25, 0.3) is 11.8 Å². The van der Waals surface area contributed by atoms with E-state index in [-0.39, 0.29) is 30.1 Å². The maximum atomic E-state index is 13.7. The second-order valence-corrected chi connectivity index (χ2v) is 9.31. The van der Waals surface area contributed by atoms with Gasteiger partial charge in [0.2, 0.25) is 0 Å². The van der Waals surface area contributed by atoms with Crippen LogP contribution in [0.5, 0.6) is 0 Å². The number of carbonyl (C=O) groups excluding carboxylic acids is 2. The van der Waals surface area contributed by atoms with E-state index < -0.39 is 0 Å². The molecule has 3 aliphatic rings. The molecule has 1 aliphatic carbocycles. The summed E-state index contributed by atoms with van der Waals surface area (Å²) in [6.07, 6.45) is 6.44. The van der Waals surface area contributed by atoms with Gasteiger partial charge in [0, 0.05) is 19.1 Å². The SMILES string of the molecule is Cc1ccc(C2=C(N3CC(C)OC(C)C3)C(=O)N(C3CCCCCC3)C2=O)cc1C. The first-order chi connectivity index (χ1) is 14.4. The quantitative estimate of drug-likeness (QED) is 0.553. The number of nitrogens with zero attached hydrogens (tertiary/aromatic N) is 2. The zero-order chi connectivity index (χ0) is 21.4. The minimum atomic E-state index is -0.114. The number of ether oxygens (including phenoxy) is 1. The van der Waals surface area contributed by atoms with E-state index in [2.05, 4.69) is 24.8 Å². The van der Waals surface area contributed by atoms with Crippen molar-refractivity contribution in [2.24, 2.45) is 0 Å². The number of imide groups is 1. The summed E-state index contributed by atoms with van der Waals surface area (Å²) < 4.78 is 5.90.